The Labute approximate surface area is 183 Å². The van der Waals surface area contributed by atoms with Gasteiger partial charge in [0.15, 0.2) is 11.5 Å². The van der Waals surface area contributed by atoms with Crippen molar-refractivity contribution in [3.63, 3.8) is 0 Å². The van der Waals surface area contributed by atoms with Crippen molar-refractivity contribution in [2.45, 2.75) is 13.3 Å². The number of ether oxygens (including phenoxy) is 1. The molecule has 0 atom stereocenters. The lowest BCUT2D eigenvalue weighted by atomic mass is 10.1. The Balaban J connectivity index is 1.62. The molecule has 166 valence electrons. The van der Waals surface area contributed by atoms with Crippen molar-refractivity contribution in [2.75, 3.05) is 37.7 Å². The summed E-state index contributed by atoms with van der Waals surface area (Å²) in [5, 5.41) is 0. The maximum Gasteiger partial charge on any atom is 0.360 e. The summed E-state index contributed by atoms with van der Waals surface area (Å²) in [6.45, 7) is 3.25. The highest BCUT2D eigenvalue weighted by Crippen LogP contribution is 2.24. The molecule has 1 aromatic heterocycles. The fourth-order valence-electron chi connectivity index (χ4n) is 3.74. The first kappa shape index (κ1) is 21.6. The molecule has 0 saturated carbocycles. The number of hydrogen-bond donors (Lipinski definition) is 0. The molecule has 0 N–H and O–H groups in total. The van der Waals surface area contributed by atoms with E-state index in [2.05, 4.69) is 9.97 Å². The van der Waals surface area contributed by atoms with E-state index in [1.54, 1.807) is 19.1 Å². The van der Waals surface area contributed by atoms with Gasteiger partial charge in [0.25, 0.3) is 5.91 Å². The van der Waals surface area contributed by atoms with Crippen LogP contribution < -0.4 is 4.90 Å². The smallest absolute Gasteiger partial charge is 0.360 e. The van der Waals surface area contributed by atoms with Crippen LogP contribution in [0.4, 0.5) is 14.6 Å². The van der Waals surface area contributed by atoms with Crippen molar-refractivity contribution in [2.24, 2.45) is 0 Å². The second-order valence-corrected chi connectivity index (χ2v) is 7.33. The van der Waals surface area contributed by atoms with Crippen LogP contribution in [-0.2, 0) is 4.74 Å². The van der Waals surface area contributed by atoms with E-state index in [1.807, 2.05) is 17.0 Å². The number of halogens is 2. The molecular formula is C23H22F2N4O3. The predicted octanol–water partition coefficient (Wildman–Crippen LogP) is 3.44. The third-order valence-corrected chi connectivity index (χ3v) is 5.28. The van der Waals surface area contributed by atoms with Gasteiger partial charge in [0.2, 0.25) is 0 Å². The molecule has 0 spiro atoms. The molecule has 3 aromatic rings. The summed E-state index contributed by atoms with van der Waals surface area (Å²) in [5.41, 5.74) is 0.742. The number of esters is 1. The summed E-state index contributed by atoms with van der Waals surface area (Å²) < 4.78 is 33.4. The predicted molar refractivity (Wildman–Crippen MR) is 115 cm³/mol. The van der Waals surface area contributed by atoms with Crippen molar-refractivity contribution < 1.29 is 23.1 Å². The lowest BCUT2D eigenvalue weighted by Crippen LogP contribution is -2.36. The Hall–Kier alpha value is -3.62. The molecule has 2 aromatic carbocycles. The molecule has 7 nitrogen and oxygen atoms in total. The number of aromatic nitrogens is 2. The van der Waals surface area contributed by atoms with E-state index in [9.17, 15) is 18.4 Å². The number of rotatable bonds is 4. The Morgan fingerprint density at radius 3 is 2.31 bits per heavy atom. The first-order valence-electron chi connectivity index (χ1n) is 10.4. The molecule has 1 aliphatic rings. The number of anilines is 1. The molecule has 4 rings (SSSR count). The van der Waals surface area contributed by atoms with Crippen molar-refractivity contribution in [3.8, 4) is 0 Å². The second-order valence-electron chi connectivity index (χ2n) is 7.33. The van der Waals surface area contributed by atoms with Gasteiger partial charge in [0.1, 0.15) is 17.2 Å². The molecule has 0 bridgehead atoms. The number of carbonyl (C=O) groups is 2. The van der Waals surface area contributed by atoms with E-state index < -0.39 is 29.1 Å². The average Bonchev–Trinajstić information content (AvgIpc) is 3.04. The molecule has 1 amide bonds. The zero-order chi connectivity index (χ0) is 22.7. The number of amides is 1. The van der Waals surface area contributed by atoms with Gasteiger partial charge < -0.3 is 14.5 Å². The number of fused-ring (bicyclic) bond motifs is 1. The van der Waals surface area contributed by atoms with Crippen LogP contribution in [0.25, 0.3) is 11.0 Å². The van der Waals surface area contributed by atoms with Crippen LogP contribution in [0.1, 0.15) is 34.2 Å². The third-order valence-electron chi connectivity index (χ3n) is 5.28. The van der Waals surface area contributed by atoms with Crippen molar-refractivity contribution in [1.82, 2.24) is 14.9 Å². The molecule has 0 unspecified atom stereocenters. The van der Waals surface area contributed by atoms with Gasteiger partial charge in [0.05, 0.1) is 17.6 Å². The SMILES string of the molecule is CCOC(=O)c1nc2ccccc2nc1N1CCCN(C(=O)c2c(F)cccc2F)CC1. The zero-order valence-electron chi connectivity index (χ0n) is 17.6. The van der Waals surface area contributed by atoms with Gasteiger partial charge in [-0.25, -0.2) is 23.5 Å². The number of carbonyl (C=O) groups excluding carboxylic acids is 2. The fraction of sp³-hybridized carbons (Fsp3) is 0.304. The van der Waals surface area contributed by atoms with Crippen LogP contribution in [0.3, 0.4) is 0 Å². The van der Waals surface area contributed by atoms with E-state index in [0.29, 0.717) is 42.9 Å². The van der Waals surface area contributed by atoms with E-state index >= 15 is 0 Å². The Kier molecular flexibility index (Phi) is 6.25. The highest BCUT2D eigenvalue weighted by Gasteiger charge is 2.28. The van der Waals surface area contributed by atoms with Gasteiger partial charge in [-0.15, -0.1) is 0 Å². The third kappa shape index (κ3) is 4.23. The van der Waals surface area contributed by atoms with E-state index in [1.165, 1.54) is 11.0 Å². The lowest BCUT2D eigenvalue weighted by molar-refractivity contribution is 0.0520. The van der Waals surface area contributed by atoms with Crippen LogP contribution >= 0.6 is 0 Å². The van der Waals surface area contributed by atoms with Crippen LogP contribution in [-0.4, -0.2) is 59.5 Å². The quantitative estimate of drug-likeness (QED) is 0.579. The van der Waals surface area contributed by atoms with Gasteiger partial charge in [-0.05, 0) is 37.6 Å². The Morgan fingerprint density at radius 2 is 1.62 bits per heavy atom. The highest BCUT2D eigenvalue weighted by molar-refractivity contribution is 5.96. The molecule has 32 heavy (non-hydrogen) atoms. The number of para-hydroxylation sites is 2. The minimum Gasteiger partial charge on any atom is -0.461 e. The summed E-state index contributed by atoms with van der Waals surface area (Å²) in [6, 6.07) is 10.6. The summed E-state index contributed by atoms with van der Waals surface area (Å²) in [5.74, 6) is -2.68. The molecule has 1 fully saturated rings. The van der Waals surface area contributed by atoms with Gasteiger partial charge in [-0.3, -0.25) is 4.79 Å². The number of nitrogens with zero attached hydrogens (tertiary/aromatic N) is 4. The first-order chi connectivity index (χ1) is 15.5. The largest absolute Gasteiger partial charge is 0.461 e. The maximum absolute atomic E-state index is 14.1. The van der Waals surface area contributed by atoms with Gasteiger partial charge in [0, 0.05) is 26.2 Å². The topological polar surface area (TPSA) is 75.6 Å². The van der Waals surface area contributed by atoms with E-state index in [0.717, 1.165) is 12.1 Å². The van der Waals surface area contributed by atoms with Crippen LogP contribution in [0.15, 0.2) is 42.5 Å². The molecule has 0 radical (unpaired) electrons. The van der Waals surface area contributed by atoms with E-state index in [4.69, 9.17) is 4.74 Å². The lowest BCUT2D eigenvalue weighted by Gasteiger charge is -2.24. The molecule has 9 heteroatoms. The highest BCUT2D eigenvalue weighted by atomic mass is 19.1. The second kappa shape index (κ2) is 9.25. The summed E-state index contributed by atoms with van der Waals surface area (Å²) in [6.07, 6.45) is 0.526. The standard InChI is InChI=1S/C23H22F2N4O3/c1-2-32-23(31)20-21(27-18-10-4-3-9-17(18)26-20)28-11-6-12-29(14-13-28)22(30)19-15(24)7-5-8-16(19)25/h3-5,7-10H,2,6,11-14H2,1H3. The first-order valence-corrected chi connectivity index (χ1v) is 10.4. The average molecular weight is 440 g/mol. The van der Waals surface area contributed by atoms with Gasteiger partial charge in [-0.1, -0.05) is 18.2 Å². The number of benzene rings is 2. The molecule has 1 saturated heterocycles. The van der Waals surface area contributed by atoms with Gasteiger partial charge in [-0.2, -0.15) is 0 Å². The Bertz CT molecular complexity index is 1150. The van der Waals surface area contributed by atoms with Crippen LogP contribution in [0.5, 0.6) is 0 Å². The minimum absolute atomic E-state index is 0.102. The van der Waals surface area contributed by atoms with Gasteiger partial charge >= 0.3 is 5.97 Å². The normalized spacial score (nSPS) is 14.3. The fourth-order valence-corrected chi connectivity index (χ4v) is 3.74. The molecule has 0 aliphatic carbocycles. The molecule has 2 heterocycles. The summed E-state index contributed by atoms with van der Waals surface area (Å²) in [4.78, 5) is 37.7. The summed E-state index contributed by atoms with van der Waals surface area (Å²) >= 11 is 0. The van der Waals surface area contributed by atoms with Crippen molar-refractivity contribution in [1.29, 1.82) is 0 Å². The monoisotopic (exact) mass is 440 g/mol. The molecule has 1 aliphatic heterocycles. The maximum atomic E-state index is 14.1. The van der Waals surface area contributed by atoms with Crippen molar-refractivity contribution in [3.05, 3.63) is 65.4 Å². The zero-order valence-corrected chi connectivity index (χ0v) is 17.6. The Morgan fingerprint density at radius 1 is 0.938 bits per heavy atom. The van der Waals surface area contributed by atoms with Crippen LogP contribution in [0.2, 0.25) is 0 Å². The number of hydrogen-bond acceptors (Lipinski definition) is 6. The summed E-state index contributed by atoms with van der Waals surface area (Å²) in [7, 11) is 0. The van der Waals surface area contributed by atoms with E-state index in [-0.39, 0.29) is 18.8 Å². The minimum atomic E-state index is -0.888. The van der Waals surface area contributed by atoms with Crippen molar-refractivity contribution >= 4 is 28.7 Å². The molecular weight excluding hydrogens is 418 g/mol. The van der Waals surface area contributed by atoms with Crippen LogP contribution in [0, 0.1) is 11.6 Å².